The van der Waals surface area contributed by atoms with Crippen LogP contribution in [0.2, 0.25) is 5.02 Å². The predicted molar refractivity (Wildman–Crippen MR) is 105 cm³/mol. The van der Waals surface area contributed by atoms with Crippen molar-refractivity contribution in [2.45, 2.75) is 19.4 Å². The van der Waals surface area contributed by atoms with Crippen molar-refractivity contribution in [1.82, 2.24) is 0 Å². The van der Waals surface area contributed by atoms with E-state index in [0.717, 1.165) is 11.1 Å². The van der Waals surface area contributed by atoms with Gasteiger partial charge in [-0.2, -0.15) is 0 Å². The molecule has 3 aromatic carbocycles. The van der Waals surface area contributed by atoms with Crippen molar-refractivity contribution in [3.8, 4) is 17.2 Å². The van der Waals surface area contributed by atoms with Crippen molar-refractivity contribution in [2.75, 3.05) is 0 Å². The highest BCUT2D eigenvalue weighted by Gasteiger charge is 2.06. The number of halogens is 1. The van der Waals surface area contributed by atoms with E-state index in [1.54, 1.807) is 12.1 Å². The van der Waals surface area contributed by atoms with Crippen LogP contribution >= 0.6 is 11.6 Å². The summed E-state index contributed by atoms with van der Waals surface area (Å²) in [6, 6.07) is 22.4. The highest BCUT2D eigenvalue weighted by Crippen LogP contribution is 2.28. The molecule has 0 amide bonds. The number of aryl methyl sites for hydroxylation is 1. The van der Waals surface area contributed by atoms with Crippen LogP contribution in [0.15, 0.2) is 72.8 Å². The molecule has 0 unspecified atom stereocenters. The number of carboxylic acids is 1. The molecule has 3 rings (SSSR count). The van der Waals surface area contributed by atoms with Gasteiger partial charge in [0.2, 0.25) is 0 Å². The third kappa shape index (κ3) is 5.76. The highest BCUT2D eigenvalue weighted by molar-refractivity contribution is 6.30. The minimum Gasteiger partial charge on any atom is -0.489 e. The van der Waals surface area contributed by atoms with E-state index in [2.05, 4.69) is 0 Å². The van der Waals surface area contributed by atoms with Gasteiger partial charge >= 0.3 is 5.97 Å². The molecule has 0 atom stereocenters. The third-order valence-electron chi connectivity index (χ3n) is 3.94. The molecule has 0 fully saturated rings. The number of carbonyl (C=O) groups is 1. The normalized spacial score (nSPS) is 10.4. The topological polar surface area (TPSA) is 55.8 Å². The number of hydrogen-bond acceptors (Lipinski definition) is 3. The van der Waals surface area contributed by atoms with Gasteiger partial charge in [0.05, 0.1) is 0 Å². The van der Waals surface area contributed by atoms with E-state index < -0.39 is 5.97 Å². The summed E-state index contributed by atoms with van der Waals surface area (Å²) in [5.41, 5.74) is 1.88. The van der Waals surface area contributed by atoms with E-state index in [1.807, 2.05) is 60.7 Å². The van der Waals surface area contributed by atoms with Crippen LogP contribution in [0.3, 0.4) is 0 Å². The number of ether oxygens (including phenoxy) is 2. The van der Waals surface area contributed by atoms with E-state index >= 15 is 0 Å². The maximum atomic E-state index is 10.6. The third-order valence-corrected chi connectivity index (χ3v) is 4.18. The van der Waals surface area contributed by atoms with Crippen LogP contribution in [0.25, 0.3) is 0 Å². The van der Waals surface area contributed by atoms with Gasteiger partial charge in [-0.25, -0.2) is 0 Å². The van der Waals surface area contributed by atoms with Crippen molar-refractivity contribution >= 4 is 17.6 Å². The Balaban J connectivity index is 1.63. The van der Waals surface area contributed by atoms with Crippen LogP contribution in [0.5, 0.6) is 17.2 Å². The van der Waals surface area contributed by atoms with E-state index in [0.29, 0.717) is 35.3 Å². The van der Waals surface area contributed by atoms with Crippen LogP contribution < -0.4 is 9.47 Å². The van der Waals surface area contributed by atoms with Gasteiger partial charge < -0.3 is 14.6 Å². The minimum absolute atomic E-state index is 0.119. The molecule has 0 saturated heterocycles. The lowest BCUT2D eigenvalue weighted by Crippen LogP contribution is -1.99. The maximum absolute atomic E-state index is 10.6. The number of carboxylic acid groups (broad SMARTS) is 1. The number of para-hydroxylation sites is 1. The molecule has 1 N–H and O–H groups in total. The smallest absolute Gasteiger partial charge is 0.303 e. The van der Waals surface area contributed by atoms with Gasteiger partial charge in [0.25, 0.3) is 0 Å². The summed E-state index contributed by atoms with van der Waals surface area (Å²) in [7, 11) is 0. The lowest BCUT2D eigenvalue weighted by atomic mass is 10.1. The molecule has 0 saturated carbocycles. The molecule has 0 spiro atoms. The summed E-state index contributed by atoms with van der Waals surface area (Å²) >= 11 is 6.01. The molecule has 0 aliphatic rings. The van der Waals surface area contributed by atoms with Crippen molar-refractivity contribution < 1.29 is 19.4 Å². The molecule has 138 valence electrons. The first kappa shape index (κ1) is 18.8. The van der Waals surface area contributed by atoms with Crippen molar-refractivity contribution in [3.63, 3.8) is 0 Å². The summed E-state index contributed by atoms with van der Waals surface area (Å²) in [5, 5.41) is 9.36. The van der Waals surface area contributed by atoms with Crippen LogP contribution in [0.4, 0.5) is 0 Å². The molecule has 0 aromatic heterocycles. The van der Waals surface area contributed by atoms with Gasteiger partial charge in [-0.15, -0.1) is 0 Å². The Morgan fingerprint density at radius 2 is 1.70 bits per heavy atom. The standard InChI is InChI=1S/C22H19ClO4/c23-18-5-3-6-20(14-18)27-21-7-2-1-4-17(21)15-26-19-11-8-16(9-12-19)10-13-22(24)25/h1-9,11-12,14H,10,13,15H2,(H,24,25). The lowest BCUT2D eigenvalue weighted by molar-refractivity contribution is -0.136. The van der Waals surface area contributed by atoms with E-state index in [1.165, 1.54) is 0 Å². The lowest BCUT2D eigenvalue weighted by Gasteiger charge is -2.12. The van der Waals surface area contributed by atoms with Crippen molar-refractivity contribution in [3.05, 3.63) is 88.9 Å². The van der Waals surface area contributed by atoms with Gasteiger partial charge in [0.15, 0.2) is 0 Å². The number of benzene rings is 3. The molecule has 27 heavy (non-hydrogen) atoms. The Kier molecular flexibility index (Phi) is 6.34. The fraction of sp³-hybridized carbons (Fsp3) is 0.136. The highest BCUT2D eigenvalue weighted by atomic mass is 35.5. The molecule has 4 nitrogen and oxygen atoms in total. The number of aliphatic carboxylic acids is 1. The van der Waals surface area contributed by atoms with E-state index in [-0.39, 0.29) is 6.42 Å². The molecule has 3 aromatic rings. The summed E-state index contributed by atoms with van der Waals surface area (Å²) < 4.78 is 11.8. The molecular weight excluding hydrogens is 364 g/mol. The number of rotatable bonds is 8. The van der Waals surface area contributed by atoms with E-state index in [9.17, 15) is 4.79 Å². The second-order valence-corrected chi connectivity index (χ2v) is 6.43. The fourth-order valence-corrected chi connectivity index (χ4v) is 2.73. The number of hydrogen-bond donors (Lipinski definition) is 1. The van der Waals surface area contributed by atoms with Crippen LogP contribution in [-0.4, -0.2) is 11.1 Å². The molecule has 0 aliphatic carbocycles. The minimum atomic E-state index is -0.799. The van der Waals surface area contributed by atoms with Crippen LogP contribution in [0, 0.1) is 0 Å². The first-order valence-corrected chi connectivity index (χ1v) is 8.93. The van der Waals surface area contributed by atoms with Gasteiger partial charge in [-0.05, 0) is 48.4 Å². The summed E-state index contributed by atoms with van der Waals surface area (Å²) in [6.07, 6.45) is 0.625. The zero-order chi connectivity index (χ0) is 19.1. The second-order valence-electron chi connectivity index (χ2n) is 5.99. The summed E-state index contributed by atoms with van der Waals surface area (Å²) in [4.78, 5) is 10.6. The predicted octanol–water partition coefficient (Wildman–Crippen LogP) is 5.73. The Labute approximate surface area is 162 Å². The van der Waals surface area contributed by atoms with Gasteiger partial charge in [-0.1, -0.05) is 48.0 Å². The monoisotopic (exact) mass is 382 g/mol. The van der Waals surface area contributed by atoms with Crippen molar-refractivity contribution in [1.29, 1.82) is 0 Å². The van der Waals surface area contributed by atoms with Crippen molar-refractivity contribution in [2.24, 2.45) is 0 Å². The van der Waals surface area contributed by atoms with Gasteiger partial charge in [0, 0.05) is 17.0 Å². The Morgan fingerprint density at radius 1 is 0.926 bits per heavy atom. The Bertz CT molecular complexity index is 906. The Hall–Kier alpha value is -2.98. The van der Waals surface area contributed by atoms with Crippen LogP contribution in [-0.2, 0) is 17.8 Å². The quantitative estimate of drug-likeness (QED) is 0.540. The molecule has 0 radical (unpaired) electrons. The average Bonchev–Trinajstić information content (AvgIpc) is 2.66. The Morgan fingerprint density at radius 3 is 2.44 bits per heavy atom. The van der Waals surface area contributed by atoms with Gasteiger partial charge in [0.1, 0.15) is 23.9 Å². The molecule has 0 heterocycles. The average molecular weight is 383 g/mol. The van der Waals surface area contributed by atoms with E-state index in [4.69, 9.17) is 26.2 Å². The molecule has 0 bridgehead atoms. The molecular formula is C22H19ClO4. The first-order chi connectivity index (χ1) is 13.1. The largest absolute Gasteiger partial charge is 0.489 e. The maximum Gasteiger partial charge on any atom is 0.303 e. The van der Waals surface area contributed by atoms with Gasteiger partial charge in [-0.3, -0.25) is 4.79 Å². The SMILES string of the molecule is O=C(O)CCc1ccc(OCc2ccccc2Oc2cccc(Cl)c2)cc1. The first-order valence-electron chi connectivity index (χ1n) is 8.55. The molecule has 5 heteroatoms. The summed E-state index contributed by atoms with van der Waals surface area (Å²) in [5.74, 6) is 1.29. The zero-order valence-corrected chi connectivity index (χ0v) is 15.4. The second kappa shape index (κ2) is 9.10. The zero-order valence-electron chi connectivity index (χ0n) is 14.6. The summed E-state index contributed by atoms with van der Waals surface area (Å²) in [6.45, 7) is 0.352. The molecule has 0 aliphatic heterocycles. The fourth-order valence-electron chi connectivity index (χ4n) is 2.54. The van der Waals surface area contributed by atoms with Crippen LogP contribution in [0.1, 0.15) is 17.5 Å².